The minimum Gasteiger partial charge on any atom is -0.331 e. The van der Waals surface area contributed by atoms with Crippen LogP contribution in [0.4, 0.5) is 5.95 Å². The third-order valence-corrected chi connectivity index (χ3v) is 3.70. The molecule has 3 aromatic heterocycles. The first-order valence-electron chi connectivity index (χ1n) is 6.24. The number of halogens is 1. The maximum absolute atomic E-state index is 5.92. The summed E-state index contributed by atoms with van der Waals surface area (Å²) in [6.07, 6.45) is 3.54. The lowest BCUT2D eigenvalue weighted by Gasteiger charge is -2.14. The van der Waals surface area contributed by atoms with Gasteiger partial charge in [-0.05, 0) is 11.6 Å². The summed E-state index contributed by atoms with van der Waals surface area (Å²) in [6, 6.07) is 3.82. The Balaban J connectivity index is 1.71. The third kappa shape index (κ3) is 1.72. The van der Waals surface area contributed by atoms with Gasteiger partial charge in [0.1, 0.15) is 10.7 Å². The Labute approximate surface area is 120 Å². The van der Waals surface area contributed by atoms with Crippen LogP contribution in [0.3, 0.4) is 0 Å². The predicted octanol–water partition coefficient (Wildman–Crippen LogP) is 1.93. The van der Waals surface area contributed by atoms with Gasteiger partial charge in [0.25, 0.3) is 0 Å². The Hall–Kier alpha value is -2.21. The monoisotopic (exact) mass is 286 g/mol. The SMILES string of the molecule is Cn1cnc2nc(N3Cc4ccc(Cl)nc4C3)ncc21. The first-order valence-corrected chi connectivity index (χ1v) is 6.62. The Morgan fingerprint density at radius 2 is 2.05 bits per heavy atom. The van der Waals surface area contributed by atoms with Crippen LogP contribution in [-0.4, -0.2) is 24.5 Å². The maximum Gasteiger partial charge on any atom is 0.228 e. The number of hydrogen-bond acceptors (Lipinski definition) is 5. The molecular weight excluding hydrogens is 276 g/mol. The van der Waals surface area contributed by atoms with E-state index < -0.39 is 0 Å². The molecule has 4 heterocycles. The second-order valence-electron chi connectivity index (χ2n) is 4.83. The standard InChI is InChI=1S/C13H11ClN6/c1-19-7-16-12-10(19)4-15-13(18-12)20-5-8-2-3-11(14)17-9(8)6-20/h2-4,7H,5-6H2,1H3. The normalized spacial score (nSPS) is 14.0. The fraction of sp³-hybridized carbons (Fsp3) is 0.231. The van der Waals surface area contributed by atoms with Gasteiger partial charge in [0, 0.05) is 13.6 Å². The van der Waals surface area contributed by atoms with Crippen LogP contribution in [0.25, 0.3) is 11.2 Å². The summed E-state index contributed by atoms with van der Waals surface area (Å²) in [6.45, 7) is 1.42. The molecule has 0 N–H and O–H groups in total. The van der Waals surface area contributed by atoms with Gasteiger partial charge < -0.3 is 9.47 Å². The number of anilines is 1. The first kappa shape index (κ1) is 11.6. The van der Waals surface area contributed by atoms with E-state index in [-0.39, 0.29) is 0 Å². The van der Waals surface area contributed by atoms with Crippen molar-refractivity contribution in [3.05, 3.63) is 41.1 Å². The number of rotatable bonds is 1. The van der Waals surface area contributed by atoms with Crippen LogP contribution in [0.5, 0.6) is 0 Å². The molecule has 6 nitrogen and oxygen atoms in total. The highest BCUT2D eigenvalue weighted by Gasteiger charge is 2.23. The molecule has 0 saturated heterocycles. The lowest BCUT2D eigenvalue weighted by atomic mass is 10.2. The van der Waals surface area contributed by atoms with E-state index in [0.29, 0.717) is 23.3 Å². The number of aryl methyl sites for hydroxylation is 1. The molecule has 100 valence electrons. The summed E-state index contributed by atoms with van der Waals surface area (Å²) in [4.78, 5) is 19.6. The van der Waals surface area contributed by atoms with Crippen LogP contribution in [-0.2, 0) is 20.1 Å². The largest absolute Gasteiger partial charge is 0.331 e. The lowest BCUT2D eigenvalue weighted by Crippen LogP contribution is -2.17. The predicted molar refractivity (Wildman–Crippen MR) is 75.4 cm³/mol. The lowest BCUT2D eigenvalue weighted by molar-refractivity contribution is 0.825. The summed E-state index contributed by atoms with van der Waals surface area (Å²) in [7, 11) is 1.93. The fourth-order valence-electron chi connectivity index (χ4n) is 2.43. The van der Waals surface area contributed by atoms with E-state index >= 15 is 0 Å². The summed E-state index contributed by atoms with van der Waals surface area (Å²) in [5, 5.41) is 0.520. The van der Waals surface area contributed by atoms with Crippen LogP contribution in [0.1, 0.15) is 11.3 Å². The third-order valence-electron chi connectivity index (χ3n) is 3.49. The van der Waals surface area contributed by atoms with Crippen LogP contribution < -0.4 is 4.90 Å². The quantitative estimate of drug-likeness (QED) is 0.640. The van der Waals surface area contributed by atoms with Gasteiger partial charge in [-0.1, -0.05) is 17.7 Å². The summed E-state index contributed by atoms with van der Waals surface area (Å²) >= 11 is 5.92. The van der Waals surface area contributed by atoms with Crippen molar-refractivity contribution >= 4 is 28.7 Å². The Bertz CT molecular complexity index is 812. The molecule has 1 aliphatic heterocycles. The molecule has 0 radical (unpaired) electrons. The van der Waals surface area contributed by atoms with Crippen molar-refractivity contribution in [2.75, 3.05) is 4.90 Å². The molecule has 1 aliphatic rings. The van der Waals surface area contributed by atoms with Gasteiger partial charge in [-0.3, -0.25) is 0 Å². The van der Waals surface area contributed by atoms with Crippen molar-refractivity contribution in [3.8, 4) is 0 Å². The number of imidazole rings is 1. The minimum atomic E-state index is 0.520. The molecule has 0 bridgehead atoms. The number of hydrogen-bond donors (Lipinski definition) is 0. The summed E-state index contributed by atoms with van der Waals surface area (Å²) < 4.78 is 1.90. The number of aromatic nitrogens is 5. The summed E-state index contributed by atoms with van der Waals surface area (Å²) in [5.41, 5.74) is 3.78. The van der Waals surface area contributed by atoms with E-state index in [4.69, 9.17) is 11.6 Å². The zero-order valence-electron chi connectivity index (χ0n) is 10.8. The van der Waals surface area contributed by atoms with E-state index in [9.17, 15) is 0 Å². The zero-order chi connectivity index (χ0) is 13.7. The van der Waals surface area contributed by atoms with Gasteiger partial charge in [0.2, 0.25) is 5.95 Å². The molecule has 7 heteroatoms. The smallest absolute Gasteiger partial charge is 0.228 e. The molecule has 20 heavy (non-hydrogen) atoms. The second-order valence-corrected chi connectivity index (χ2v) is 5.22. The average Bonchev–Trinajstić information content (AvgIpc) is 3.02. The van der Waals surface area contributed by atoms with Gasteiger partial charge in [-0.2, -0.15) is 4.98 Å². The Morgan fingerprint density at radius 3 is 2.95 bits per heavy atom. The van der Waals surface area contributed by atoms with Gasteiger partial charge >= 0.3 is 0 Å². The van der Waals surface area contributed by atoms with Crippen LogP contribution >= 0.6 is 11.6 Å². The van der Waals surface area contributed by atoms with E-state index in [1.54, 1.807) is 12.5 Å². The molecule has 4 rings (SSSR count). The molecule has 0 unspecified atom stereocenters. The van der Waals surface area contributed by atoms with Gasteiger partial charge in [-0.25, -0.2) is 15.0 Å². The highest BCUT2D eigenvalue weighted by molar-refractivity contribution is 6.29. The first-order chi connectivity index (χ1) is 9.70. The molecule has 3 aromatic rings. The molecule has 0 saturated carbocycles. The van der Waals surface area contributed by atoms with E-state index in [1.807, 2.05) is 23.7 Å². The molecule has 0 amide bonds. The minimum absolute atomic E-state index is 0.520. The van der Waals surface area contributed by atoms with Gasteiger partial charge in [-0.15, -0.1) is 0 Å². The zero-order valence-corrected chi connectivity index (χ0v) is 11.5. The summed E-state index contributed by atoms with van der Waals surface area (Å²) in [5.74, 6) is 0.672. The van der Waals surface area contributed by atoms with E-state index in [0.717, 1.165) is 17.8 Å². The average molecular weight is 287 g/mol. The van der Waals surface area contributed by atoms with Crippen molar-refractivity contribution in [1.29, 1.82) is 0 Å². The molecule has 0 aromatic carbocycles. The highest BCUT2D eigenvalue weighted by Crippen LogP contribution is 2.26. The van der Waals surface area contributed by atoms with E-state index in [1.165, 1.54) is 5.56 Å². The Morgan fingerprint density at radius 1 is 1.15 bits per heavy atom. The van der Waals surface area contributed by atoms with Crippen LogP contribution in [0.15, 0.2) is 24.7 Å². The Kier molecular flexibility index (Phi) is 2.40. The number of pyridine rings is 1. The molecule has 0 atom stereocenters. The molecule has 0 aliphatic carbocycles. The van der Waals surface area contributed by atoms with Crippen molar-refractivity contribution in [3.63, 3.8) is 0 Å². The second kappa shape index (κ2) is 4.14. The van der Waals surface area contributed by atoms with Crippen molar-refractivity contribution in [1.82, 2.24) is 24.5 Å². The van der Waals surface area contributed by atoms with Crippen LogP contribution in [0.2, 0.25) is 5.15 Å². The topological polar surface area (TPSA) is 59.7 Å². The maximum atomic E-state index is 5.92. The van der Waals surface area contributed by atoms with Crippen molar-refractivity contribution in [2.24, 2.45) is 7.05 Å². The van der Waals surface area contributed by atoms with Crippen molar-refractivity contribution in [2.45, 2.75) is 13.1 Å². The fourth-order valence-corrected chi connectivity index (χ4v) is 2.59. The number of nitrogens with zero attached hydrogens (tertiary/aromatic N) is 6. The van der Waals surface area contributed by atoms with Crippen LogP contribution in [0, 0.1) is 0 Å². The van der Waals surface area contributed by atoms with Gasteiger partial charge in [0.05, 0.1) is 24.8 Å². The number of fused-ring (bicyclic) bond motifs is 2. The highest BCUT2D eigenvalue weighted by atomic mass is 35.5. The molecule has 0 fully saturated rings. The van der Waals surface area contributed by atoms with E-state index in [2.05, 4.69) is 24.8 Å². The van der Waals surface area contributed by atoms with Gasteiger partial charge in [0.15, 0.2) is 5.65 Å². The molecule has 0 spiro atoms. The van der Waals surface area contributed by atoms with Crippen molar-refractivity contribution < 1.29 is 0 Å². The molecular formula is C13H11ClN6.